The molecule has 0 saturated carbocycles. The number of hydrogen-bond donors (Lipinski definition) is 1. The van der Waals surface area contributed by atoms with Crippen LogP contribution in [0.4, 0.5) is 0 Å². The highest BCUT2D eigenvalue weighted by Crippen LogP contribution is 2.18. The van der Waals surface area contributed by atoms with Crippen molar-refractivity contribution in [2.45, 2.75) is 19.4 Å². The predicted octanol–water partition coefficient (Wildman–Crippen LogP) is 3.52. The van der Waals surface area contributed by atoms with Crippen molar-refractivity contribution in [1.82, 2.24) is 15.3 Å². The van der Waals surface area contributed by atoms with E-state index < -0.39 is 0 Å². The van der Waals surface area contributed by atoms with Crippen LogP contribution in [0.1, 0.15) is 24.4 Å². The predicted molar refractivity (Wildman–Crippen MR) is 86.1 cm³/mol. The van der Waals surface area contributed by atoms with Gasteiger partial charge in [0.25, 0.3) is 0 Å². The Kier molecular flexibility index (Phi) is 4.22. The molecule has 1 unspecified atom stereocenters. The summed E-state index contributed by atoms with van der Waals surface area (Å²) in [5, 5.41) is 4.67. The minimum absolute atomic E-state index is 0.199. The molecule has 1 N–H and O–H groups in total. The standard InChI is InChI=1S/C18H19N3/c1-2-19-18(17-9-5-6-12-20-17)13-15-11-10-14-7-3-4-8-16(14)21-15/h3-12,18-19H,2,13H2,1H3. The molecule has 0 bridgehead atoms. The SMILES string of the molecule is CCNC(Cc1ccc2ccccc2n1)c1ccccn1. The molecule has 1 atom stereocenters. The van der Waals surface area contributed by atoms with Gasteiger partial charge in [-0.1, -0.05) is 37.3 Å². The van der Waals surface area contributed by atoms with Crippen LogP contribution in [-0.4, -0.2) is 16.5 Å². The number of aromatic nitrogens is 2. The topological polar surface area (TPSA) is 37.8 Å². The summed E-state index contributed by atoms with van der Waals surface area (Å²) < 4.78 is 0. The third kappa shape index (κ3) is 3.26. The first kappa shape index (κ1) is 13.7. The van der Waals surface area contributed by atoms with Gasteiger partial charge in [0.15, 0.2) is 0 Å². The lowest BCUT2D eigenvalue weighted by molar-refractivity contribution is 0.532. The molecule has 1 aromatic carbocycles. The van der Waals surface area contributed by atoms with E-state index in [9.17, 15) is 0 Å². The van der Waals surface area contributed by atoms with Gasteiger partial charge in [-0.2, -0.15) is 0 Å². The molecule has 3 aromatic rings. The Morgan fingerprint density at radius 3 is 2.67 bits per heavy atom. The molecular weight excluding hydrogens is 258 g/mol. The molecule has 0 saturated heterocycles. The van der Waals surface area contributed by atoms with E-state index in [-0.39, 0.29) is 6.04 Å². The number of pyridine rings is 2. The van der Waals surface area contributed by atoms with E-state index in [1.54, 1.807) is 0 Å². The number of likely N-dealkylation sites (N-methyl/N-ethyl adjacent to an activating group) is 1. The molecule has 0 fully saturated rings. The molecule has 2 aromatic heterocycles. The maximum atomic E-state index is 4.75. The van der Waals surface area contributed by atoms with Crippen molar-refractivity contribution < 1.29 is 0 Å². The van der Waals surface area contributed by atoms with Crippen LogP contribution in [0, 0.1) is 0 Å². The van der Waals surface area contributed by atoms with E-state index >= 15 is 0 Å². The molecular formula is C18H19N3. The molecule has 0 aliphatic carbocycles. The van der Waals surface area contributed by atoms with Crippen LogP contribution in [0.15, 0.2) is 60.8 Å². The van der Waals surface area contributed by atoms with Crippen molar-refractivity contribution in [1.29, 1.82) is 0 Å². The molecule has 0 spiro atoms. The van der Waals surface area contributed by atoms with Crippen LogP contribution in [0.25, 0.3) is 10.9 Å². The van der Waals surface area contributed by atoms with Crippen LogP contribution >= 0.6 is 0 Å². The van der Waals surface area contributed by atoms with Crippen molar-refractivity contribution >= 4 is 10.9 Å². The summed E-state index contributed by atoms with van der Waals surface area (Å²) in [6.07, 6.45) is 2.68. The fraction of sp³-hybridized carbons (Fsp3) is 0.222. The molecule has 0 radical (unpaired) electrons. The maximum absolute atomic E-state index is 4.75. The Hall–Kier alpha value is -2.26. The Bertz CT molecular complexity index is 710. The van der Waals surface area contributed by atoms with Crippen molar-refractivity contribution in [3.05, 3.63) is 72.2 Å². The van der Waals surface area contributed by atoms with Crippen molar-refractivity contribution in [2.75, 3.05) is 6.54 Å². The first-order valence-electron chi connectivity index (χ1n) is 7.36. The molecule has 3 nitrogen and oxygen atoms in total. The molecule has 0 amide bonds. The highest BCUT2D eigenvalue weighted by atomic mass is 14.9. The maximum Gasteiger partial charge on any atom is 0.0705 e. The van der Waals surface area contributed by atoms with Gasteiger partial charge in [0.2, 0.25) is 0 Å². The molecule has 106 valence electrons. The molecule has 3 rings (SSSR count). The lowest BCUT2D eigenvalue weighted by atomic mass is 10.1. The van der Waals surface area contributed by atoms with Crippen molar-refractivity contribution in [3.8, 4) is 0 Å². The van der Waals surface area contributed by atoms with Crippen molar-refractivity contribution in [2.24, 2.45) is 0 Å². The number of nitrogens with zero attached hydrogens (tertiary/aromatic N) is 2. The summed E-state index contributed by atoms with van der Waals surface area (Å²) in [4.78, 5) is 9.22. The molecule has 0 aliphatic rings. The van der Waals surface area contributed by atoms with Gasteiger partial charge in [-0.05, 0) is 30.8 Å². The molecule has 2 heterocycles. The van der Waals surface area contributed by atoms with E-state index in [1.807, 2.05) is 30.5 Å². The summed E-state index contributed by atoms with van der Waals surface area (Å²) in [5.41, 5.74) is 3.20. The van der Waals surface area contributed by atoms with Crippen LogP contribution in [0.3, 0.4) is 0 Å². The van der Waals surface area contributed by atoms with E-state index in [0.29, 0.717) is 0 Å². The second-order valence-corrected chi connectivity index (χ2v) is 5.06. The number of benzene rings is 1. The number of para-hydroxylation sites is 1. The average Bonchev–Trinajstić information content (AvgIpc) is 2.55. The number of hydrogen-bond acceptors (Lipinski definition) is 3. The zero-order valence-electron chi connectivity index (χ0n) is 12.2. The average molecular weight is 277 g/mol. The zero-order chi connectivity index (χ0) is 14.5. The third-order valence-corrected chi connectivity index (χ3v) is 3.56. The fourth-order valence-corrected chi connectivity index (χ4v) is 2.54. The lowest BCUT2D eigenvalue weighted by Gasteiger charge is -2.17. The van der Waals surface area contributed by atoms with Crippen LogP contribution < -0.4 is 5.32 Å². The van der Waals surface area contributed by atoms with Gasteiger partial charge >= 0.3 is 0 Å². The number of fused-ring (bicyclic) bond motifs is 1. The van der Waals surface area contributed by atoms with E-state index in [4.69, 9.17) is 4.98 Å². The van der Waals surface area contributed by atoms with E-state index in [2.05, 4.69) is 47.6 Å². The second-order valence-electron chi connectivity index (χ2n) is 5.06. The van der Waals surface area contributed by atoms with Gasteiger partial charge in [-0.15, -0.1) is 0 Å². The highest BCUT2D eigenvalue weighted by molar-refractivity contribution is 5.78. The van der Waals surface area contributed by atoms with Gasteiger partial charge in [-0.3, -0.25) is 9.97 Å². The van der Waals surface area contributed by atoms with Gasteiger partial charge in [0, 0.05) is 23.7 Å². The smallest absolute Gasteiger partial charge is 0.0705 e. The van der Waals surface area contributed by atoms with E-state index in [0.717, 1.165) is 29.9 Å². The fourth-order valence-electron chi connectivity index (χ4n) is 2.54. The van der Waals surface area contributed by atoms with Gasteiger partial charge in [-0.25, -0.2) is 0 Å². The Balaban J connectivity index is 1.87. The summed E-state index contributed by atoms with van der Waals surface area (Å²) in [7, 11) is 0. The normalized spacial score (nSPS) is 12.4. The Morgan fingerprint density at radius 1 is 1.00 bits per heavy atom. The monoisotopic (exact) mass is 277 g/mol. The third-order valence-electron chi connectivity index (χ3n) is 3.56. The van der Waals surface area contributed by atoms with Crippen LogP contribution in [0.2, 0.25) is 0 Å². The minimum Gasteiger partial charge on any atom is -0.309 e. The number of rotatable bonds is 5. The lowest BCUT2D eigenvalue weighted by Crippen LogP contribution is -2.24. The van der Waals surface area contributed by atoms with Crippen LogP contribution in [0.5, 0.6) is 0 Å². The van der Waals surface area contributed by atoms with Crippen molar-refractivity contribution in [3.63, 3.8) is 0 Å². The molecule has 3 heteroatoms. The Labute approximate surface area is 125 Å². The quantitative estimate of drug-likeness (QED) is 0.775. The van der Waals surface area contributed by atoms with Gasteiger partial charge in [0.1, 0.15) is 0 Å². The minimum atomic E-state index is 0.199. The summed E-state index contributed by atoms with van der Waals surface area (Å²) in [6.45, 7) is 3.03. The second kappa shape index (κ2) is 6.46. The summed E-state index contributed by atoms with van der Waals surface area (Å²) in [5.74, 6) is 0. The molecule has 21 heavy (non-hydrogen) atoms. The zero-order valence-corrected chi connectivity index (χ0v) is 12.2. The number of nitrogens with one attached hydrogen (secondary N) is 1. The first-order valence-corrected chi connectivity index (χ1v) is 7.36. The Morgan fingerprint density at radius 2 is 1.86 bits per heavy atom. The first-order chi connectivity index (χ1) is 10.4. The largest absolute Gasteiger partial charge is 0.309 e. The van der Waals surface area contributed by atoms with Gasteiger partial charge in [0.05, 0.1) is 17.3 Å². The summed E-state index contributed by atoms with van der Waals surface area (Å²) in [6, 6.07) is 18.7. The highest BCUT2D eigenvalue weighted by Gasteiger charge is 2.13. The van der Waals surface area contributed by atoms with Crippen LogP contribution in [-0.2, 0) is 6.42 Å². The van der Waals surface area contributed by atoms with E-state index in [1.165, 1.54) is 5.39 Å². The summed E-state index contributed by atoms with van der Waals surface area (Å²) >= 11 is 0. The van der Waals surface area contributed by atoms with Gasteiger partial charge < -0.3 is 5.32 Å². The molecule has 0 aliphatic heterocycles.